The average molecular weight is 401 g/mol. The Kier molecular flexibility index (Phi) is 6.01. The van der Waals surface area contributed by atoms with Crippen LogP contribution in [0.3, 0.4) is 0 Å². The van der Waals surface area contributed by atoms with Gasteiger partial charge in [0, 0.05) is 29.9 Å². The van der Waals surface area contributed by atoms with Crippen molar-refractivity contribution < 1.29 is 8.42 Å². The smallest absolute Gasteiger partial charge is 0.252 e. The number of sulfonamides is 1. The summed E-state index contributed by atoms with van der Waals surface area (Å²) in [4.78, 5) is 1.07. The lowest BCUT2D eigenvalue weighted by atomic mass is 9.95. The third-order valence-electron chi connectivity index (χ3n) is 4.47. The van der Waals surface area contributed by atoms with Crippen LogP contribution in [0, 0.1) is 0 Å². The number of thiophene rings is 1. The van der Waals surface area contributed by atoms with Gasteiger partial charge in [-0.3, -0.25) is 0 Å². The van der Waals surface area contributed by atoms with Crippen LogP contribution in [-0.2, 0) is 15.4 Å². The summed E-state index contributed by atoms with van der Waals surface area (Å²) in [5, 5.41) is 0. The van der Waals surface area contributed by atoms with Crippen molar-refractivity contribution in [3.8, 4) is 0 Å². The van der Waals surface area contributed by atoms with E-state index in [0.29, 0.717) is 17.3 Å². The fourth-order valence-corrected chi connectivity index (χ4v) is 6.05. The summed E-state index contributed by atoms with van der Waals surface area (Å²) in [6.45, 7) is 7.08. The first-order valence-electron chi connectivity index (χ1n) is 8.10. The van der Waals surface area contributed by atoms with Gasteiger partial charge in [-0.1, -0.05) is 51.1 Å². The number of benzene rings is 1. The highest BCUT2D eigenvalue weighted by atomic mass is 35.5. The van der Waals surface area contributed by atoms with Crippen LogP contribution >= 0.6 is 23.7 Å². The molecule has 1 aliphatic heterocycles. The van der Waals surface area contributed by atoms with Crippen LogP contribution in [0.5, 0.6) is 0 Å². The van der Waals surface area contributed by atoms with Crippen molar-refractivity contribution in [3.05, 3.63) is 52.9 Å². The second kappa shape index (κ2) is 7.37. The van der Waals surface area contributed by atoms with Crippen LogP contribution in [-0.4, -0.2) is 31.9 Å². The molecule has 0 saturated carbocycles. The molecule has 2 N–H and O–H groups in total. The van der Waals surface area contributed by atoms with Crippen molar-refractivity contribution in [2.24, 2.45) is 5.73 Å². The molecule has 1 aromatic heterocycles. The Morgan fingerprint density at radius 3 is 2.28 bits per heavy atom. The molecule has 0 radical (unpaired) electrons. The Hall–Kier alpha value is -0.920. The van der Waals surface area contributed by atoms with E-state index in [-0.39, 0.29) is 29.8 Å². The standard InChI is InChI=1S/C18H24N2O2S2.ClH/c1-18(2,3)16-9-10-17(23-16)24(21,22)20-11-14(15(19)12-20)13-7-5-4-6-8-13;/h4-10,14-15H,11-12,19H2,1-3H3;1H/t14-,15+;/m0./s1. The van der Waals surface area contributed by atoms with Crippen LogP contribution in [0.1, 0.15) is 37.1 Å². The largest absolute Gasteiger partial charge is 0.326 e. The van der Waals surface area contributed by atoms with E-state index in [1.54, 1.807) is 6.07 Å². The zero-order valence-electron chi connectivity index (χ0n) is 14.7. The highest BCUT2D eigenvalue weighted by Crippen LogP contribution is 2.36. The lowest BCUT2D eigenvalue weighted by molar-refractivity contribution is 0.472. The van der Waals surface area contributed by atoms with Crippen molar-refractivity contribution in [1.29, 1.82) is 0 Å². The topological polar surface area (TPSA) is 63.4 Å². The molecule has 7 heteroatoms. The Bertz CT molecular complexity index is 813. The van der Waals surface area contributed by atoms with E-state index in [9.17, 15) is 8.42 Å². The van der Waals surface area contributed by atoms with Gasteiger partial charge in [0.2, 0.25) is 0 Å². The molecule has 0 unspecified atom stereocenters. The number of hydrogen-bond donors (Lipinski definition) is 1. The molecule has 1 aliphatic rings. The second-order valence-corrected chi connectivity index (χ2v) is 10.6. The average Bonchev–Trinajstić information content (AvgIpc) is 3.15. The number of nitrogens with two attached hydrogens (primary N) is 1. The molecule has 138 valence electrons. The minimum Gasteiger partial charge on any atom is -0.326 e. The molecule has 2 heterocycles. The van der Waals surface area contributed by atoms with Gasteiger partial charge >= 0.3 is 0 Å². The number of rotatable bonds is 3. The van der Waals surface area contributed by atoms with E-state index >= 15 is 0 Å². The van der Waals surface area contributed by atoms with E-state index in [1.165, 1.54) is 15.6 Å². The molecule has 1 saturated heterocycles. The second-order valence-electron chi connectivity index (χ2n) is 7.37. The Morgan fingerprint density at radius 2 is 1.72 bits per heavy atom. The third-order valence-corrected chi connectivity index (χ3v) is 8.28. The van der Waals surface area contributed by atoms with Gasteiger partial charge in [-0.15, -0.1) is 23.7 Å². The van der Waals surface area contributed by atoms with Crippen molar-refractivity contribution >= 4 is 33.8 Å². The zero-order chi connectivity index (χ0) is 17.5. The quantitative estimate of drug-likeness (QED) is 0.856. The molecule has 3 rings (SSSR count). The maximum Gasteiger partial charge on any atom is 0.252 e. The minimum atomic E-state index is -3.48. The first kappa shape index (κ1) is 20.4. The summed E-state index contributed by atoms with van der Waals surface area (Å²) in [7, 11) is -3.48. The highest BCUT2D eigenvalue weighted by molar-refractivity contribution is 7.91. The summed E-state index contributed by atoms with van der Waals surface area (Å²) in [6, 6.07) is 13.4. The van der Waals surface area contributed by atoms with Gasteiger partial charge < -0.3 is 5.73 Å². The zero-order valence-corrected chi connectivity index (χ0v) is 17.1. The van der Waals surface area contributed by atoms with Gasteiger partial charge in [-0.25, -0.2) is 8.42 Å². The van der Waals surface area contributed by atoms with Crippen LogP contribution < -0.4 is 5.73 Å². The van der Waals surface area contributed by atoms with E-state index < -0.39 is 10.0 Å². The lowest BCUT2D eigenvalue weighted by Crippen LogP contribution is -2.31. The summed E-state index contributed by atoms with van der Waals surface area (Å²) in [5.41, 5.74) is 7.30. The number of hydrogen-bond acceptors (Lipinski definition) is 4. The molecule has 2 atom stereocenters. The van der Waals surface area contributed by atoms with Crippen LogP contribution in [0.4, 0.5) is 0 Å². The number of nitrogens with zero attached hydrogens (tertiary/aromatic N) is 1. The van der Waals surface area contributed by atoms with Gasteiger partial charge in [0.05, 0.1) is 0 Å². The van der Waals surface area contributed by atoms with Crippen molar-refractivity contribution in [1.82, 2.24) is 4.31 Å². The monoisotopic (exact) mass is 400 g/mol. The summed E-state index contributed by atoms with van der Waals surface area (Å²) in [5.74, 6) is 0.0445. The Labute approximate surface area is 160 Å². The van der Waals surface area contributed by atoms with E-state index in [2.05, 4.69) is 20.8 Å². The van der Waals surface area contributed by atoms with Crippen LogP contribution in [0.2, 0.25) is 0 Å². The van der Waals surface area contributed by atoms with E-state index in [1.807, 2.05) is 36.4 Å². The molecule has 1 aromatic carbocycles. The van der Waals surface area contributed by atoms with Gasteiger partial charge in [0.25, 0.3) is 10.0 Å². The molecule has 0 aliphatic carbocycles. The van der Waals surface area contributed by atoms with Gasteiger partial charge in [0.15, 0.2) is 0 Å². The van der Waals surface area contributed by atoms with Crippen LogP contribution in [0.15, 0.2) is 46.7 Å². The van der Waals surface area contributed by atoms with Crippen molar-refractivity contribution in [3.63, 3.8) is 0 Å². The fraction of sp³-hybridized carbons (Fsp3) is 0.444. The molecule has 4 nitrogen and oxygen atoms in total. The predicted molar refractivity (Wildman–Crippen MR) is 106 cm³/mol. The Balaban J connectivity index is 0.00000225. The lowest BCUT2D eigenvalue weighted by Gasteiger charge is -2.17. The molecule has 0 bridgehead atoms. The summed E-state index contributed by atoms with van der Waals surface area (Å²) in [6.07, 6.45) is 0. The molecular weight excluding hydrogens is 376 g/mol. The van der Waals surface area contributed by atoms with E-state index in [0.717, 1.165) is 10.4 Å². The van der Waals surface area contributed by atoms with Crippen molar-refractivity contribution in [2.45, 2.75) is 42.4 Å². The molecule has 2 aromatic rings. The van der Waals surface area contributed by atoms with Gasteiger partial charge in [0.1, 0.15) is 4.21 Å². The SMILES string of the molecule is CC(C)(C)c1ccc(S(=O)(=O)N2C[C@@H](N)[C@H](c3ccccc3)C2)s1.Cl. The summed E-state index contributed by atoms with van der Waals surface area (Å²) < 4.78 is 27.9. The normalized spacial score (nSPS) is 21.9. The molecule has 0 spiro atoms. The predicted octanol–water partition coefficient (Wildman–Crippen LogP) is 3.58. The maximum absolute atomic E-state index is 13.0. The Morgan fingerprint density at radius 1 is 1.08 bits per heavy atom. The summed E-state index contributed by atoms with van der Waals surface area (Å²) >= 11 is 1.36. The molecular formula is C18H25ClN2O2S2. The van der Waals surface area contributed by atoms with Gasteiger partial charge in [-0.2, -0.15) is 4.31 Å². The molecule has 0 amide bonds. The van der Waals surface area contributed by atoms with Gasteiger partial charge in [-0.05, 0) is 23.1 Å². The first-order chi connectivity index (χ1) is 11.2. The number of halogens is 1. The minimum absolute atomic E-state index is 0. The molecule has 25 heavy (non-hydrogen) atoms. The van der Waals surface area contributed by atoms with E-state index in [4.69, 9.17) is 5.73 Å². The van der Waals surface area contributed by atoms with Crippen LogP contribution in [0.25, 0.3) is 0 Å². The maximum atomic E-state index is 13.0. The first-order valence-corrected chi connectivity index (χ1v) is 10.4. The van der Waals surface area contributed by atoms with Crippen molar-refractivity contribution in [2.75, 3.05) is 13.1 Å². The molecule has 1 fully saturated rings. The highest BCUT2D eigenvalue weighted by Gasteiger charge is 2.39. The third kappa shape index (κ3) is 4.09. The fourth-order valence-electron chi connectivity index (χ4n) is 3.03.